The summed E-state index contributed by atoms with van der Waals surface area (Å²) in [6.07, 6.45) is 62.0. The summed E-state index contributed by atoms with van der Waals surface area (Å²) in [5, 5.41) is 0. The van der Waals surface area contributed by atoms with E-state index in [4.69, 9.17) is 14.2 Å². The molecule has 5 nitrogen and oxygen atoms in total. The smallest absolute Gasteiger partial charge is 0.306 e. The van der Waals surface area contributed by atoms with Crippen LogP contribution in [0, 0.1) is 0 Å². The van der Waals surface area contributed by atoms with Gasteiger partial charge in [0, 0.05) is 19.4 Å². The molecule has 0 aliphatic carbocycles. The average Bonchev–Trinajstić information content (AvgIpc) is 3.22. The zero-order valence-electron chi connectivity index (χ0n) is 38.3. The van der Waals surface area contributed by atoms with Crippen LogP contribution in [0.25, 0.3) is 0 Å². The predicted octanol–water partition coefficient (Wildman–Crippen LogP) is 16.3. The quantitative estimate of drug-likeness (QED) is 0.0348. The molecule has 0 fully saturated rings. The Morgan fingerprint density at radius 3 is 1.34 bits per heavy atom. The van der Waals surface area contributed by atoms with E-state index < -0.39 is 6.10 Å². The first-order chi connectivity index (χ1) is 28.6. The number of hydrogen-bond acceptors (Lipinski definition) is 5. The minimum absolute atomic E-state index is 0.0492. The first-order valence-electron chi connectivity index (χ1n) is 24.5. The van der Waals surface area contributed by atoms with Crippen molar-refractivity contribution in [3.05, 3.63) is 72.9 Å². The second kappa shape index (κ2) is 48.7. The van der Waals surface area contributed by atoms with Gasteiger partial charge in [0.1, 0.15) is 6.61 Å². The number of hydrogen-bond donors (Lipinski definition) is 0. The van der Waals surface area contributed by atoms with Crippen LogP contribution in [0.3, 0.4) is 0 Å². The third kappa shape index (κ3) is 46.0. The van der Waals surface area contributed by atoms with Crippen LogP contribution in [0.4, 0.5) is 0 Å². The van der Waals surface area contributed by atoms with Crippen molar-refractivity contribution in [2.24, 2.45) is 0 Å². The molecule has 5 heteroatoms. The lowest BCUT2D eigenvalue weighted by Crippen LogP contribution is -2.30. The summed E-state index contributed by atoms with van der Waals surface area (Å²) in [5.74, 6) is -0.504. The van der Waals surface area contributed by atoms with Crippen LogP contribution in [0.5, 0.6) is 0 Å². The standard InChI is InChI=1S/C53H92O5/c1-4-7-10-13-16-19-22-25-27-29-31-34-37-40-43-46-52(54)57-50-51(49-56-48-45-42-39-36-33-30-26-23-20-17-14-11-8-5-2)58-53(55)47-44-41-38-35-32-28-24-21-18-15-12-9-6-3/h9,12,16,18-19,21,25,27-28,32,38,41,51H,4-8,10-11,13-15,17,20,22-24,26,29-31,33-37,39-40,42-50H2,1-3H3/b12-9-,19-16-,21-18-,27-25-,32-28-,41-38-. The lowest BCUT2D eigenvalue weighted by Gasteiger charge is -2.18. The molecule has 0 aromatic carbocycles. The maximum Gasteiger partial charge on any atom is 0.306 e. The number of rotatable bonds is 44. The molecule has 0 aliphatic heterocycles. The SMILES string of the molecule is CC/C=C\C/C=C\C/C=C\C/C=C\CCC(=O)OC(COCCCCCCCCCCCCCCCC)COC(=O)CCCCCCC/C=C\C/C=C\CCCCC. The second-order valence-electron chi connectivity index (χ2n) is 16.0. The largest absolute Gasteiger partial charge is 0.462 e. The van der Waals surface area contributed by atoms with Crippen molar-refractivity contribution in [2.75, 3.05) is 19.8 Å². The van der Waals surface area contributed by atoms with Gasteiger partial charge in [-0.15, -0.1) is 0 Å². The molecule has 0 radical (unpaired) electrons. The number of unbranched alkanes of at least 4 members (excludes halogenated alkanes) is 21. The van der Waals surface area contributed by atoms with E-state index in [0.717, 1.165) is 70.6 Å². The highest BCUT2D eigenvalue weighted by Crippen LogP contribution is 2.14. The maximum atomic E-state index is 12.7. The molecule has 0 saturated carbocycles. The summed E-state index contributed by atoms with van der Waals surface area (Å²) in [7, 11) is 0. The fourth-order valence-corrected chi connectivity index (χ4v) is 6.61. The van der Waals surface area contributed by atoms with Gasteiger partial charge in [0.25, 0.3) is 0 Å². The Balaban J connectivity index is 4.37. The minimum Gasteiger partial charge on any atom is -0.462 e. The van der Waals surface area contributed by atoms with Crippen LogP contribution in [0.1, 0.15) is 226 Å². The molecule has 0 aromatic rings. The van der Waals surface area contributed by atoms with Crippen molar-refractivity contribution in [1.29, 1.82) is 0 Å². The van der Waals surface area contributed by atoms with E-state index >= 15 is 0 Å². The predicted molar refractivity (Wildman–Crippen MR) is 251 cm³/mol. The van der Waals surface area contributed by atoms with Crippen LogP contribution >= 0.6 is 0 Å². The van der Waals surface area contributed by atoms with Crippen LogP contribution in [0.2, 0.25) is 0 Å². The van der Waals surface area contributed by atoms with Gasteiger partial charge in [-0.2, -0.15) is 0 Å². The molecule has 0 aliphatic rings. The Hall–Kier alpha value is -2.66. The van der Waals surface area contributed by atoms with Gasteiger partial charge >= 0.3 is 11.9 Å². The minimum atomic E-state index is -0.579. The highest BCUT2D eigenvalue weighted by molar-refractivity contribution is 5.70. The van der Waals surface area contributed by atoms with Crippen molar-refractivity contribution in [3.63, 3.8) is 0 Å². The molecule has 0 spiro atoms. The molecule has 0 saturated heterocycles. The Bertz CT molecular complexity index is 1050. The summed E-state index contributed by atoms with van der Waals surface area (Å²) < 4.78 is 17.3. The van der Waals surface area contributed by atoms with E-state index in [2.05, 4.69) is 87.6 Å². The van der Waals surface area contributed by atoms with Gasteiger partial charge in [0.05, 0.1) is 6.61 Å². The Morgan fingerprint density at radius 2 is 0.810 bits per heavy atom. The van der Waals surface area contributed by atoms with E-state index in [1.807, 2.05) is 6.08 Å². The van der Waals surface area contributed by atoms with E-state index in [1.165, 1.54) is 116 Å². The van der Waals surface area contributed by atoms with Crippen molar-refractivity contribution >= 4 is 11.9 Å². The number of esters is 2. The number of allylic oxidation sites excluding steroid dienone is 12. The molecule has 0 N–H and O–H groups in total. The zero-order valence-corrected chi connectivity index (χ0v) is 38.3. The molecular weight excluding hydrogens is 717 g/mol. The van der Waals surface area contributed by atoms with Gasteiger partial charge in [0.2, 0.25) is 0 Å². The maximum absolute atomic E-state index is 12.7. The normalized spacial score (nSPS) is 12.8. The van der Waals surface area contributed by atoms with E-state index in [-0.39, 0.29) is 25.2 Å². The molecule has 0 aromatic heterocycles. The summed E-state index contributed by atoms with van der Waals surface area (Å²) in [5.41, 5.74) is 0. The Kier molecular flexibility index (Phi) is 46.5. The van der Waals surface area contributed by atoms with Gasteiger partial charge < -0.3 is 14.2 Å². The number of carbonyl (C=O) groups excluding carboxylic acids is 2. The summed E-state index contributed by atoms with van der Waals surface area (Å²) in [6, 6.07) is 0. The fourth-order valence-electron chi connectivity index (χ4n) is 6.61. The third-order valence-corrected chi connectivity index (χ3v) is 10.2. The van der Waals surface area contributed by atoms with Gasteiger partial charge in [-0.25, -0.2) is 0 Å². The van der Waals surface area contributed by atoms with Gasteiger partial charge in [-0.1, -0.05) is 209 Å². The van der Waals surface area contributed by atoms with Crippen molar-refractivity contribution in [3.8, 4) is 0 Å². The molecule has 0 bridgehead atoms. The molecule has 1 unspecified atom stereocenters. The fraction of sp³-hybridized carbons (Fsp3) is 0.736. The summed E-state index contributed by atoms with van der Waals surface area (Å²) in [6.45, 7) is 7.60. The average molecular weight is 809 g/mol. The van der Waals surface area contributed by atoms with Crippen molar-refractivity contribution in [2.45, 2.75) is 232 Å². The van der Waals surface area contributed by atoms with E-state index in [0.29, 0.717) is 25.9 Å². The van der Waals surface area contributed by atoms with Gasteiger partial charge in [-0.3, -0.25) is 9.59 Å². The second-order valence-corrected chi connectivity index (χ2v) is 16.0. The van der Waals surface area contributed by atoms with Crippen LogP contribution in [0.15, 0.2) is 72.9 Å². The lowest BCUT2D eigenvalue weighted by atomic mass is 10.0. The third-order valence-electron chi connectivity index (χ3n) is 10.2. The number of carbonyl (C=O) groups is 2. The van der Waals surface area contributed by atoms with Gasteiger partial charge in [-0.05, 0) is 77.0 Å². The zero-order chi connectivity index (χ0) is 42.1. The molecule has 58 heavy (non-hydrogen) atoms. The summed E-state index contributed by atoms with van der Waals surface area (Å²) >= 11 is 0. The molecule has 0 rings (SSSR count). The first kappa shape index (κ1) is 55.3. The molecular formula is C53H92O5. The Morgan fingerprint density at radius 1 is 0.397 bits per heavy atom. The monoisotopic (exact) mass is 809 g/mol. The van der Waals surface area contributed by atoms with Crippen molar-refractivity contribution in [1.82, 2.24) is 0 Å². The highest BCUT2D eigenvalue weighted by Gasteiger charge is 2.17. The highest BCUT2D eigenvalue weighted by atomic mass is 16.6. The van der Waals surface area contributed by atoms with Crippen LogP contribution in [-0.4, -0.2) is 37.9 Å². The van der Waals surface area contributed by atoms with E-state index in [1.54, 1.807) is 0 Å². The molecule has 334 valence electrons. The topological polar surface area (TPSA) is 61.8 Å². The van der Waals surface area contributed by atoms with Crippen LogP contribution < -0.4 is 0 Å². The molecule has 0 amide bonds. The molecule has 0 heterocycles. The summed E-state index contributed by atoms with van der Waals surface area (Å²) in [4.78, 5) is 25.3. The molecule has 1 atom stereocenters. The Labute approximate surface area is 359 Å². The van der Waals surface area contributed by atoms with E-state index in [9.17, 15) is 9.59 Å². The lowest BCUT2D eigenvalue weighted by molar-refractivity contribution is -0.162. The number of ether oxygens (including phenoxy) is 3. The van der Waals surface area contributed by atoms with Crippen molar-refractivity contribution < 1.29 is 23.8 Å². The van der Waals surface area contributed by atoms with Crippen LogP contribution in [-0.2, 0) is 23.8 Å². The van der Waals surface area contributed by atoms with Gasteiger partial charge in [0.15, 0.2) is 6.10 Å². The first-order valence-corrected chi connectivity index (χ1v) is 24.5.